The standard InChI is InChI=1S/C13H13BrFN3O2S/c1-2-3-11-16-17-13(21-7-12(19)20)18(11)10-6-8(14)4-5-9(10)15/h4-6H,2-3,7H2,1H3,(H,19,20). The van der Waals surface area contributed by atoms with Gasteiger partial charge >= 0.3 is 5.97 Å². The van der Waals surface area contributed by atoms with Crippen LogP contribution in [-0.2, 0) is 11.2 Å². The van der Waals surface area contributed by atoms with Crippen LogP contribution in [-0.4, -0.2) is 31.6 Å². The second-order valence-electron chi connectivity index (χ2n) is 4.26. The van der Waals surface area contributed by atoms with Crippen molar-refractivity contribution in [2.45, 2.75) is 24.9 Å². The van der Waals surface area contributed by atoms with E-state index >= 15 is 0 Å². The van der Waals surface area contributed by atoms with Crippen molar-refractivity contribution in [1.82, 2.24) is 14.8 Å². The predicted octanol–water partition coefficient (Wildman–Crippen LogP) is 3.30. The highest BCUT2D eigenvalue weighted by Crippen LogP contribution is 2.26. The van der Waals surface area contributed by atoms with Gasteiger partial charge in [0.05, 0.1) is 11.4 Å². The van der Waals surface area contributed by atoms with Crippen LogP contribution in [0.25, 0.3) is 5.69 Å². The quantitative estimate of drug-likeness (QED) is 0.786. The van der Waals surface area contributed by atoms with E-state index in [0.717, 1.165) is 22.7 Å². The van der Waals surface area contributed by atoms with Gasteiger partial charge in [0.2, 0.25) is 0 Å². The summed E-state index contributed by atoms with van der Waals surface area (Å²) in [5.41, 5.74) is 0.311. The molecule has 5 nitrogen and oxygen atoms in total. The number of rotatable bonds is 6. The number of aliphatic carboxylic acids is 1. The fourth-order valence-electron chi connectivity index (χ4n) is 1.80. The Morgan fingerprint density at radius 2 is 2.24 bits per heavy atom. The lowest BCUT2D eigenvalue weighted by molar-refractivity contribution is -0.133. The van der Waals surface area contributed by atoms with Crippen LogP contribution >= 0.6 is 27.7 Å². The topological polar surface area (TPSA) is 68.0 Å². The third-order valence-corrected chi connectivity index (χ3v) is 4.05. The summed E-state index contributed by atoms with van der Waals surface area (Å²) in [6.45, 7) is 1.99. The van der Waals surface area contributed by atoms with Gasteiger partial charge in [0.25, 0.3) is 0 Å². The Balaban J connectivity index is 2.49. The summed E-state index contributed by atoms with van der Waals surface area (Å²) >= 11 is 4.33. The van der Waals surface area contributed by atoms with Crippen LogP contribution in [0.4, 0.5) is 4.39 Å². The first-order valence-electron chi connectivity index (χ1n) is 6.27. The molecule has 0 unspecified atom stereocenters. The molecular weight excluding hydrogens is 361 g/mol. The maximum absolute atomic E-state index is 14.1. The summed E-state index contributed by atoms with van der Waals surface area (Å²) in [4.78, 5) is 10.7. The van der Waals surface area contributed by atoms with E-state index in [-0.39, 0.29) is 5.75 Å². The Labute approximate surface area is 133 Å². The highest BCUT2D eigenvalue weighted by atomic mass is 79.9. The zero-order chi connectivity index (χ0) is 15.4. The minimum Gasteiger partial charge on any atom is -0.481 e. The summed E-state index contributed by atoms with van der Waals surface area (Å²) in [5.74, 6) is -0.906. The maximum Gasteiger partial charge on any atom is 0.313 e. The van der Waals surface area contributed by atoms with Crippen LogP contribution in [0, 0.1) is 5.82 Å². The normalized spacial score (nSPS) is 10.8. The van der Waals surface area contributed by atoms with Crippen molar-refractivity contribution in [3.05, 3.63) is 34.3 Å². The molecule has 0 radical (unpaired) electrons. The smallest absolute Gasteiger partial charge is 0.313 e. The van der Waals surface area contributed by atoms with Gasteiger partial charge < -0.3 is 5.11 Å². The number of aromatic nitrogens is 3. The molecule has 1 aromatic carbocycles. The predicted molar refractivity (Wildman–Crippen MR) is 81.4 cm³/mol. The Kier molecular flexibility index (Phi) is 5.35. The number of nitrogens with zero attached hydrogens (tertiary/aromatic N) is 3. The highest BCUT2D eigenvalue weighted by molar-refractivity contribution is 9.10. The lowest BCUT2D eigenvalue weighted by Gasteiger charge is -2.10. The fourth-order valence-corrected chi connectivity index (χ4v) is 2.84. The molecule has 1 N–H and O–H groups in total. The Morgan fingerprint density at radius 1 is 1.48 bits per heavy atom. The number of halogens is 2. The van der Waals surface area contributed by atoms with E-state index in [1.807, 2.05) is 6.92 Å². The summed E-state index contributed by atoms with van der Waals surface area (Å²) in [6.07, 6.45) is 1.46. The van der Waals surface area contributed by atoms with E-state index in [1.165, 1.54) is 6.07 Å². The van der Waals surface area contributed by atoms with Crippen molar-refractivity contribution in [1.29, 1.82) is 0 Å². The number of carboxylic acid groups (broad SMARTS) is 1. The number of benzene rings is 1. The molecule has 2 aromatic rings. The van der Waals surface area contributed by atoms with Crippen molar-refractivity contribution < 1.29 is 14.3 Å². The monoisotopic (exact) mass is 373 g/mol. The molecular formula is C13H13BrFN3O2S. The molecule has 1 aromatic heterocycles. The molecule has 0 aliphatic rings. The molecule has 0 atom stereocenters. The first kappa shape index (κ1) is 16.0. The summed E-state index contributed by atoms with van der Waals surface area (Å²) in [6, 6.07) is 4.58. The molecule has 0 bridgehead atoms. The number of thioether (sulfide) groups is 1. The number of aryl methyl sites for hydroxylation is 1. The average Bonchev–Trinajstić information content (AvgIpc) is 2.82. The Hall–Kier alpha value is -1.41. The van der Waals surface area contributed by atoms with Gasteiger partial charge in [-0.3, -0.25) is 9.36 Å². The lowest BCUT2D eigenvalue weighted by atomic mass is 10.2. The first-order valence-corrected chi connectivity index (χ1v) is 8.05. The number of carbonyl (C=O) groups is 1. The minimum atomic E-state index is -0.957. The van der Waals surface area contributed by atoms with E-state index in [4.69, 9.17) is 5.11 Å². The number of hydrogen-bond donors (Lipinski definition) is 1. The zero-order valence-corrected chi connectivity index (χ0v) is 13.6. The van der Waals surface area contributed by atoms with Gasteiger partial charge in [0, 0.05) is 10.9 Å². The third kappa shape index (κ3) is 3.82. The van der Waals surface area contributed by atoms with E-state index < -0.39 is 11.8 Å². The van der Waals surface area contributed by atoms with Crippen LogP contribution in [0.2, 0.25) is 0 Å². The van der Waals surface area contributed by atoms with Crippen molar-refractivity contribution in [3.8, 4) is 5.69 Å². The molecule has 0 amide bonds. The zero-order valence-electron chi connectivity index (χ0n) is 11.2. The van der Waals surface area contributed by atoms with Gasteiger partial charge in [-0.15, -0.1) is 10.2 Å². The molecule has 0 aliphatic heterocycles. The van der Waals surface area contributed by atoms with Gasteiger partial charge in [0.1, 0.15) is 11.6 Å². The van der Waals surface area contributed by atoms with Gasteiger partial charge in [0.15, 0.2) is 5.16 Å². The van der Waals surface area contributed by atoms with Crippen molar-refractivity contribution in [3.63, 3.8) is 0 Å². The van der Waals surface area contributed by atoms with Crippen molar-refractivity contribution >= 4 is 33.7 Å². The van der Waals surface area contributed by atoms with E-state index in [2.05, 4.69) is 26.1 Å². The minimum absolute atomic E-state index is 0.153. The van der Waals surface area contributed by atoms with Crippen LogP contribution in [0.3, 0.4) is 0 Å². The second kappa shape index (κ2) is 7.04. The molecule has 0 spiro atoms. The van der Waals surface area contributed by atoms with E-state index in [1.54, 1.807) is 16.7 Å². The third-order valence-electron chi connectivity index (χ3n) is 2.65. The average molecular weight is 374 g/mol. The van der Waals surface area contributed by atoms with E-state index in [0.29, 0.717) is 23.1 Å². The molecule has 1 heterocycles. The Bertz CT molecular complexity index is 663. The summed E-state index contributed by atoms with van der Waals surface area (Å²) in [5, 5.41) is 17.2. The van der Waals surface area contributed by atoms with Crippen LogP contribution in [0.15, 0.2) is 27.8 Å². The van der Waals surface area contributed by atoms with Gasteiger partial charge in [-0.25, -0.2) is 4.39 Å². The molecule has 21 heavy (non-hydrogen) atoms. The van der Waals surface area contributed by atoms with Gasteiger partial charge in [-0.05, 0) is 24.6 Å². The van der Waals surface area contributed by atoms with Crippen molar-refractivity contribution in [2.75, 3.05) is 5.75 Å². The SMILES string of the molecule is CCCc1nnc(SCC(=O)O)n1-c1cc(Br)ccc1F. The molecule has 0 fully saturated rings. The lowest BCUT2D eigenvalue weighted by Crippen LogP contribution is -2.06. The summed E-state index contributed by atoms with van der Waals surface area (Å²) < 4.78 is 16.4. The molecule has 8 heteroatoms. The highest BCUT2D eigenvalue weighted by Gasteiger charge is 2.18. The van der Waals surface area contributed by atoms with Crippen LogP contribution < -0.4 is 0 Å². The van der Waals surface area contributed by atoms with Gasteiger partial charge in [-0.1, -0.05) is 34.6 Å². The Morgan fingerprint density at radius 3 is 2.90 bits per heavy atom. The fraction of sp³-hybridized carbons (Fsp3) is 0.308. The van der Waals surface area contributed by atoms with Crippen LogP contribution in [0.5, 0.6) is 0 Å². The number of hydrogen-bond acceptors (Lipinski definition) is 4. The molecule has 112 valence electrons. The molecule has 0 saturated heterocycles. The largest absolute Gasteiger partial charge is 0.481 e. The van der Waals surface area contributed by atoms with Crippen molar-refractivity contribution in [2.24, 2.45) is 0 Å². The molecule has 0 saturated carbocycles. The van der Waals surface area contributed by atoms with E-state index in [9.17, 15) is 9.18 Å². The summed E-state index contributed by atoms with van der Waals surface area (Å²) in [7, 11) is 0. The number of carboxylic acids is 1. The molecule has 2 rings (SSSR count). The first-order chi connectivity index (χ1) is 10.0. The van der Waals surface area contributed by atoms with Gasteiger partial charge in [-0.2, -0.15) is 0 Å². The van der Waals surface area contributed by atoms with Crippen LogP contribution in [0.1, 0.15) is 19.2 Å². The molecule has 0 aliphatic carbocycles. The maximum atomic E-state index is 14.1. The second-order valence-corrected chi connectivity index (χ2v) is 6.12.